The minimum Gasteiger partial charge on any atom is -0.465 e. The molecule has 0 heterocycles. The third-order valence-electron chi connectivity index (χ3n) is 1.56. The summed E-state index contributed by atoms with van der Waals surface area (Å²) in [6.45, 7) is 0. The van der Waals surface area contributed by atoms with Gasteiger partial charge in [-0.1, -0.05) is 11.6 Å². The minimum atomic E-state index is -0.496. The van der Waals surface area contributed by atoms with Crippen LogP contribution in [0.2, 0.25) is 5.02 Å². The van der Waals surface area contributed by atoms with Crippen LogP contribution in [0.1, 0.15) is 15.9 Å². The number of nitrogens with zero attached hydrogens (tertiary/aromatic N) is 1. The Bertz CT molecular complexity index is 402. The third-order valence-corrected chi connectivity index (χ3v) is 2.71. The van der Waals surface area contributed by atoms with Gasteiger partial charge >= 0.3 is 5.97 Å². The zero-order valence-corrected chi connectivity index (χ0v) is 10.1. The summed E-state index contributed by atoms with van der Waals surface area (Å²) >= 11 is 7.77. The first-order valence-corrected chi connectivity index (χ1v) is 5.03. The van der Waals surface area contributed by atoms with E-state index in [1.54, 1.807) is 6.07 Å². The standard InChI is InChI=1S/C9H5ClINO2/c1-14-9(13)8-6(10)2-5(4-12)3-7(8)11/h2-3H,1H3. The van der Waals surface area contributed by atoms with E-state index in [0.29, 0.717) is 14.7 Å². The molecule has 1 rings (SSSR count). The quantitative estimate of drug-likeness (QED) is 0.590. The number of halogens is 2. The highest BCUT2D eigenvalue weighted by Crippen LogP contribution is 2.24. The Morgan fingerprint density at radius 3 is 2.71 bits per heavy atom. The zero-order chi connectivity index (χ0) is 10.7. The molecule has 0 saturated heterocycles. The predicted octanol–water partition coefficient (Wildman–Crippen LogP) is 2.60. The summed E-state index contributed by atoms with van der Waals surface area (Å²) in [5.41, 5.74) is 0.723. The maximum Gasteiger partial charge on any atom is 0.340 e. The second kappa shape index (κ2) is 4.62. The normalized spacial score (nSPS) is 9.29. The summed E-state index contributed by atoms with van der Waals surface area (Å²) < 4.78 is 5.17. The maximum atomic E-state index is 11.3. The lowest BCUT2D eigenvalue weighted by molar-refractivity contribution is 0.0599. The molecule has 0 saturated carbocycles. The second-order valence-corrected chi connectivity index (χ2v) is 3.99. The molecular formula is C9H5ClINO2. The molecule has 0 aliphatic rings. The van der Waals surface area contributed by atoms with E-state index in [2.05, 4.69) is 4.74 Å². The van der Waals surface area contributed by atoms with Crippen LogP contribution in [0.15, 0.2) is 12.1 Å². The van der Waals surface area contributed by atoms with Gasteiger partial charge in [0.15, 0.2) is 0 Å². The number of esters is 1. The van der Waals surface area contributed by atoms with E-state index in [-0.39, 0.29) is 5.02 Å². The van der Waals surface area contributed by atoms with Crippen molar-refractivity contribution in [2.75, 3.05) is 7.11 Å². The number of hydrogen-bond acceptors (Lipinski definition) is 3. The molecule has 5 heteroatoms. The van der Waals surface area contributed by atoms with Crippen LogP contribution in [-0.2, 0) is 4.74 Å². The fourth-order valence-electron chi connectivity index (χ4n) is 0.935. The van der Waals surface area contributed by atoms with Gasteiger partial charge in [0, 0.05) is 3.57 Å². The molecule has 0 unspecified atom stereocenters. The van der Waals surface area contributed by atoms with Crippen molar-refractivity contribution >= 4 is 40.2 Å². The monoisotopic (exact) mass is 321 g/mol. The molecule has 1 aromatic carbocycles. The van der Waals surface area contributed by atoms with Gasteiger partial charge in [0.1, 0.15) is 0 Å². The Balaban J connectivity index is 3.34. The molecule has 3 nitrogen and oxygen atoms in total. The summed E-state index contributed by atoms with van der Waals surface area (Å²) in [4.78, 5) is 11.3. The van der Waals surface area contributed by atoms with Gasteiger partial charge in [-0.25, -0.2) is 4.79 Å². The van der Waals surface area contributed by atoms with Crippen molar-refractivity contribution < 1.29 is 9.53 Å². The van der Waals surface area contributed by atoms with Crippen LogP contribution >= 0.6 is 34.2 Å². The Labute approximate surface area is 99.8 Å². The molecule has 0 radical (unpaired) electrons. The molecule has 0 aliphatic heterocycles. The maximum absolute atomic E-state index is 11.3. The van der Waals surface area contributed by atoms with Crippen LogP contribution in [0, 0.1) is 14.9 Å². The van der Waals surface area contributed by atoms with E-state index in [9.17, 15) is 4.79 Å². The SMILES string of the molecule is COC(=O)c1c(Cl)cc(C#N)cc1I. The van der Waals surface area contributed by atoms with Gasteiger partial charge in [-0.15, -0.1) is 0 Å². The smallest absolute Gasteiger partial charge is 0.340 e. The average molecular weight is 322 g/mol. The largest absolute Gasteiger partial charge is 0.465 e. The summed E-state index contributed by atoms with van der Waals surface area (Å²) in [7, 11) is 1.28. The highest BCUT2D eigenvalue weighted by atomic mass is 127. The van der Waals surface area contributed by atoms with Crippen molar-refractivity contribution in [3.05, 3.63) is 31.9 Å². The molecule has 72 valence electrons. The van der Waals surface area contributed by atoms with Crippen molar-refractivity contribution in [2.24, 2.45) is 0 Å². The number of rotatable bonds is 1. The lowest BCUT2D eigenvalue weighted by Gasteiger charge is -2.04. The van der Waals surface area contributed by atoms with E-state index in [1.165, 1.54) is 13.2 Å². The summed E-state index contributed by atoms with van der Waals surface area (Å²) in [6, 6.07) is 4.97. The van der Waals surface area contributed by atoms with Crippen molar-refractivity contribution in [3.8, 4) is 6.07 Å². The first kappa shape index (κ1) is 11.3. The van der Waals surface area contributed by atoms with Crippen LogP contribution in [0.5, 0.6) is 0 Å². The number of benzene rings is 1. The molecule has 0 atom stereocenters. The number of carbonyl (C=O) groups excluding carboxylic acids is 1. The molecular weight excluding hydrogens is 316 g/mol. The Hall–Kier alpha value is -0.800. The topological polar surface area (TPSA) is 50.1 Å². The number of ether oxygens (including phenoxy) is 1. The van der Waals surface area contributed by atoms with Gasteiger partial charge in [0.05, 0.1) is 29.3 Å². The molecule has 1 aromatic rings. The molecule has 0 bridgehead atoms. The van der Waals surface area contributed by atoms with E-state index in [1.807, 2.05) is 28.7 Å². The van der Waals surface area contributed by atoms with Crippen LogP contribution in [0.4, 0.5) is 0 Å². The number of nitriles is 1. The van der Waals surface area contributed by atoms with E-state index < -0.39 is 5.97 Å². The van der Waals surface area contributed by atoms with Crippen LogP contribution in [0.3, 0.4) is 0 Å². The number of carbonyl (C=O) groups is 1. The number of hydrogen-bond donors (Lipinski definition) is 0. The highest BCUT2D eigenvalue weighted by molar-refractivity contribution is 14.1. The first-order valence-electron chi connectivity index (χ1n) is 3.57. The Morgan fingerprint density at radius 2 is 2.29 bits per heavy atom. The van der Waals surface area contributed by atoms with Gasteiger partial charge in [0.2, 0.25) is 0 Å². The molecule has 0 fully saturated rings. The molecule has 0 aromatic heterocycles. The molecule has 0 N–H and O–H groups in total. The van der Waals surface area contributed by atoms with E-state index in [0.717, 1.165) is 0 Å². The van der Waals surface area contributed by atoms with E-state index >= 15 is 0 Å². The van der Waals surface area contributed by atoms with Crippen molar-refractivity contribution in [1.82, 2.24) is 0 Å². The fraction of sp³-hybridized carbons (Fsp3) is 0.111. The lowest BCUT2D eigenvalue weighted by Crippen LogP contribution is -2.05. The van der Waals surface area contributed by atoms with Crippen LogP contribution < -0.4 is 0 Å². The summed E-state index contributed by atoms with van der Waals surface area (Å²) in [5.74, 6) is -0.496. The Morgan fingerprint density at radius 1 is 1.64 bits per heavy atom. The van der Waals surface area contributed by atoms with Crippen molar-refractivity contribution in [3.63, 3.8) is 0 Å². The van der Waals surface area contributed by atoms with Gasteiger partial charge in [-0.2, -0.15) is 5.26 Å². The van der Waals surface area contributed by atoms with Crippen molar-refractivity contribution in [1.29, 1.82) is 5.26 Å². The molecule has 0 aliphatic carbocycles. The van der Waals surface area contributed by atoms with Gasteiger partial charge in [0.25, 0.3) is 0 Å². The molecule has 0 spiro atoms. The third kappa shape index (κ3) is 2.16. The molecule has 14 heavy (non-hydrogen) atoms. The Kier molecular flexibility index (Phi) is 3.72. The van der Waals surface area contributed by atoms with Gasteiger partial charge < -0.3 is 4.74 Å². The summed E-state index contributed by atoms with van der Waals surface area (Å²) in [6.07, 6.45) is 0. The van der Waals surface area contributed by atoms with E-state index in [4.69, 9.17) is 16.9 Å². The van der Waals surface area contributed by atoms with Crippen molar-refractivity contribution in [2.45, 2.75) is 0 Å². The second-order valence-electron chi connectivity index (χ2n) is 2.42. The zero-order valence-electron chi connectivity index (χ0n) is 7.17. The predicted molar refractivity (Wildman–Crippen MR) is 60.2 cm³/mol. The van der Waals surface area contributed by atoms with Crippen LogP contribution in [0.25, 0.3) is 0 Å². The first-order chi connectivity index (χ1) is 6.60. The van der Waals surface area contributed by atoms with Crippen LogP contribution in [-0.4, -0.2) is 13.1 Å². The van der Waals surface area contributed by atoms with Gasteiger partial charge in [-0.3, -0.25) is 0 Å². The van der Waals surface area contributed by atoms with Gasteiger partial charge in [-0.05, 0) is 34.7 Å². The average Bonchev–Trinajstić information content (AvgIpc) is 2.16. The fourth-order valence-corrected chi connectivity index (χ4v) is 2.24. The molecule has 0 amide bonds. The lowest BCUT2D eigenvalue weighted by atomic mass is 10.1. The summed E-state index contributed by atoms with van der Waals surface area (Å²) in [5, 5.41) is 8.88. The number of methoxy groups -OCH3 is 1. The highest BCUT2D eigenvalue weighted by Gasteiger charge is 2.15. The minimum absolute atomic E-state index is 0.236.